The van der Waals surface area contributed by atoms with Gasteiger partial charge in [-0.25, -0.2) is 8.42 Å². The minimum Gasteiger partial charge on any atom is -0.494 e. The monoisotopic (exact) mass is 474 g/mol. The van der Waals surface area contributed by atoms with Gasteiger partial charge >= 0.3 is 0 Å². The summed E-state index contributed by atoms with van der Waals surface area (Å²) in [6.45, 7) is 3.09. The Balaban J connectivity index is 1.60. The lowest BCUT2D eigenvalue weighted by molar-refractivity contribution is -0.119. The van der Waals surface area contributed by atoms with E-state index in [0.717, 1.165) is 17.1 Å². The van der Waals surface area contributed by atoms with Crippen molar-refractivity contribution in [3.05, 3.63) is 54.6 Å². The SMILES string of the molecule is CCOc1ccc(S(=O)(=O)N(CC(=O)NCCCOC2CCCCC2)c2ccccc2)cc1. The fraction of sp³-hybridized carbons (Fsp3) is 0.480. The van der Waals surface area contributed by atoms with Crippen LogP contribution in [0.15, 0.2) is 59.5 Å². The second-order valence-corrected chi connectivity index (χ2v) is 9.95. The van der Waals surface area contributed by atoms with Gasteiger partial charge in [-0.15, -0.1) is 0 Å². The predicted molar refractivity (Wildman–Crippen MR) is 129 cm³/mol. The molecule has 0 bridgehead atoms. The number of nitrogens with one attached hydrogen (secondary N) is 1. The van der Waals surface area contributed by atoms with Crippen molar-refractivity contribution in [1.82, 2.24) is 5.32 Å². The first kappa shape index (κ1) is 25.1. The molecular formula is C25H34N2O5S. The first-order valence-corrected chi connectivity index (χ1v) is 13.1. The molecule has 0 heterocycles. The lowest BCUT2D eigenvalue weighted by atomic mass is 9.98. The van der Waals surface area contributed by atoms with Crippen LogP contribution in [0, 0.1) is 0 Å². The zero-order valence-corrected chi connectivity index (χ0v) is 20.1. The van der Waals surface area contributed by atoms with Crippen molar-refractivity contribution < 1.29 is 22.7 Å². The highest BCUT2D eigenvalue weighted by Gasteiger charge is 2.27. The van der Waals surface area contributed by atoms with Gasteiger partial charge in [0.15, 0.2) is 0 Å². The Morgan fingerprint density at radius 2 is 1.73 bits per heavy atom. The third kappa shape index (κ3) is 7.47. The van der Waals surface area contributed by atoms with Gasteiger partial charge in [-0.2, -0.15) is 0 Å². The van der Waals surface area contributed by atoms with Crippen molar-refractivity contribution in [3.63, 3.8) is 0 Å². The molecule has 0 atom stereocenters. The maximum Gasteiger partial charge on any atom is 0.264 e. The van der Waals surface area contributed by atoms with Crippen molar-refractivity contribution >= 4 is 21.6 Å². The van der Waals surface area contributed by atoms with Crippen LogP contribution in [0.2, 0.25) is 0 Å². The minimum absolute atomic E-state index is 0.100. The van der Waals surface area contributed by atoms with Gasteiger partial charge in [0.1, 0.15) is 12.3 Å². The van der Waals surface area contributed by atoms with Crippen molar-refractivity contribution in [2.75, 3.05) is 30.6 Å². The molecule has 1 aliphatic carbocycles. The van der Waals surface area contributed by atoms with Crippen LogP contribution in [0.5, 0.6) is 5.75 Å². The molecule has 2 aromatic rings. The average molecular weight is 475 g/mol. The average Bonchev–Trinajstić information content (AvgIpc) is 2.84. The summed E-state index contributed by atoms with van der Waals surface area (Å²) in [5.74, 6) is 0.238. The molecule has 0 unspecified atom stereocenters. The Morgan fingerprint density at radius 1 is 1.03 bits per heavy atom. The van der Waals surface area contributed by atoms with Crippen LogP contribution in [0.1, 0.15) is 45.4 Å². The Labute approximate surface area is 197 Å². The molecule has 1 saturated carbocycles. The summed E-state index contributed by atoms with van der Waals surface area (Å²) in [5.41, 5.74) is 0.433. The molecule has 0 radical (unpaired) electrons. The molecule has 8 heteroatoms. The van der Waals surface area contributed by atoms with E-state index in [1.807, 2.05) is 6.92 Å². The first-order chi connectivity index (χ1) is 16.0. The summed E-state index contributed by atoms with van der Waals surface area (Å²) in [7, 11) is -3.94. The third-order valence-corrected chi connectivity index (χ3v) is 7.39. The highest BCUT2D eigenvalue weighted by molar-refractivity contribution is 7.92. The van der Waals surface area contributed by atoms with E-state index in [9.17, 15) is 13.2 Å². The number of nitrogens with zero attached hydrogens (tertiary/aromatic N) is 1. The van der Waals surface area contributed by atoms with Crippen LogP contribution < -0.4 is 14.4 Å². The molecular weight excluding hydrogens is 440 g/mol. The Kier molecular flexibility index (Phi) is 9.57. The lowest BCUT2D eigenvalue weighted by Gasteiger charge is -2.24. The summed E-state index contributed by atoms with van der Waals surface area (Å²) in [6.07, 6.45) is 6.98. The summed E-state index contributed by atoms with van der Waals surface area (Å²) in [4.78, 5) is 12.7. The van der Waals surface area contributed by atoms with Crippen molar-refractivity contribution in [2.45, 2.75) is 56.4 Å². The van der Waals surface area contributed by atoms with E-state index in [-0.39, 0.29) is 17.3 Å². The Hall–Kier alpha value is -2.58. The third-order valence-electron chi connectivity index (χ3n) is 5.60. The molecule has 1 aliphatic rings. The van der Waals surface area contributed by atoms with E-state index in [1.54, 1.807) is 42.5 Å². The number of carbonyl (C=O) groups is 1. The molecule has 0 aromatic heterocycles. The standard InChI is InChI=1S/C25H34N2O5S/c1-2-31-23-14-16-24(17-15-23)33(29,30)27(21-10-5-3-6-11-21)20-25(28)26-18-9-19-32-22-12-7-4-8-13-22/h3,5-6,10-11,14-17,22H,2,4,7-9,12-13,18-20H2,1H3,(H,26,28). The molecule has 7 nitrogen and oxygen atoms in total. The van der Waals surface area contributed by atoms with Gasteiger partial charge in [-0.1, -0.05) is 37.5 Å². The topological polar surface area (TPSA) is 84.9 Å². The van der Waals surface area contributed by atoms with Gasteiger partial charge in [-0.05, 0) is 62.6 Å². The molecule has 0 saturated heterocycles. The van der Waals surface area contributed by atoms with Crippen LogP contribution in [0.25, 0.3) is 0 Å². The number of rotatable bonds is 12. The molecule has 0 spiro atoms. The predicted octanol–water partition coefficient (Wildman–Crippen LogP) is 4.14. The highest BCUT2D eigenvalue weighted by Crippen LogP contribution is 2.25. The normalized spacial score (nSPS) is 14.6. The van der Waals surface area contributed by atoms with Crippen LogP contribution in [-0.4, -0.2) is 46.7 Å². The fourth-order valence-corrected chi connectivity index (χ4v) is 5.30. The molecule has 180 valence electrons. The van der Waals surface area contributed by atoms with Gasteiger partial charge < -0.3 is 14.8 Å². The van der Waals surface area contributed by atoms with Crippen LogP contribution in [0.4, 0.5) is 5.69 Å². The Bertz CT molecular complexity index is 958. The number of amides is 1. The fourth-order valence-electron chi connectivity index (χ4n) is 3.88. The smallest absolute Gasteiger partial charge is 0.264 e. The summed E-state index contributed by atoms with van der Waals surface area (Å²) in [5, 5.41) is 2.82. The number of carbonyl (C=O) groups excluding carboxylic acids is 1. The van der Waals surface area contributed by atoms with Gasteiger partial charge in [0.25, 0.3) is 10.0 Å². The van der Waals surface area contributed by atoms with Gasteiger partial charge in [0.05, 0.1) is 23.3 Å². The van der Waals surface area contributed by atoms with Crippen LogP contribution >= 0.6 is 0 Å². The first-order valence-electron chi connectivity index (χ1n) is 11.7. The molecule has 33 heavy (non-hydrogen) atoms. The Morgan fingerprint density at radius 3 is 2.39 bits per heavy atom. The molecule has 1 N–H and O–H groups in total. The largest absolute Gasteiger partial charge is 0.494 e. The number of hydrogen-bond donors (Lipinski definition) is 1. The minimum atomic E-state index is -3.94. The van der Waals surface area contributed by atoms with Gasteiger partial charge in [0, 0.05) is 13.2 Å². The van der Waals surface area contributed by atoms with Crippen molar-refractivity contribution in [3.8, 4) is 5.75 Å². The summed E-state index contributed by atoms with van der Waals surface area (Å²) in [6, 6.07) is 14.9. The van der Waals surface area contributed by atoms with Crippen molar-refractivity contribution in [1.29, 1.82) is 0 Å². The summed E-state index contributed by atoms with van der Waals surface area (Å²) < 4.78 is 39.2. The number of ether oxygens (including phenoxy) is 2. The van der Waals surface area contributed by atoms with E-state index in [4.69, 9.17) is 9.47 Å². The van der Waals surface area contributed by atoms with Gasteiger partial charge in [-0.3, -0.25) is 9.10 Å². The number of anilines is 1. The molecule has 3 rings (SSSR count). The number of para-hydroxylation sites is 1. The maximum absolute atomic E-state index is 13.4. The van der Waals surface area contributed by atoms with Gasteiger partial charge in [0.2, 0.25) is 5.91 Å². The van der Waals surface area contributed by atoms with Crippen molar-refractivity contribution in [2.24, 2.45) is 0 Å². The van der Waals surface area contributed by atoms with Crippen LogP contribution in [0.3, 0.4) is 0 Å². The number of sulfonamides is 1. The lowest BCUT2D eigenvalue weighted by Crippen LogP contribution is -2.41. The molecule has 1 fully saturated rings. The molecule has 0 aliphatic heterocycles. The zero-order chi connectivity index (χ0) is 23.5. The number of hydrogen-bond acceptors (Lipinski definition) is 5. The second kappa shape index (κ2) is 12.6. The second-order valence-electron chi connectivity index (χ2n) is 8.09. The maximum atomic E-state index is 13.4. The highest BCUT2D eigenvalue weighted by atomic mass is 32.2. The van der Waals surface area contributed by atoms with E-state index < -0.39 is 10.0 Å². The quantitative estimate of drug-likeness (QED) is 0.468. The molecule has 2 aromatic carbocycles. The summed E-state index contributed by atoms with van der Waals surface area (Å²) >= 11 is 0. The van der Waals surface area contributed by atoms with E-state index in [1.165, 1.54) is 31.4 Å². The molecule has 1 amide bonds. The van der Waals surface area contributed by atoms with E-state index in [0.29, 0.717) is 43.7 Å². The van der Waals surface area contributed by atoms with E-state index in [2.05, 4.69) is 5.32 Å². The zero-order valence-electron chi connectivity index (χ0n) is 19.2. The van der Waals surface area contributed by atoms with Crippen LogP contribution in [-0.2, 0) is 19.6 Å². The number of benzene rings is 2. The van der Waals surface area contributed by atoms with E-state index >= 15 is 0 Å².